The Labute approximate surface area is 119 Å². The average Bonchev–Trinajstić information content (AvgIpc) is 2.84. The summed E-state index contributed by atoms with van der Waals surface area (Å²) in [6, 6.07) is 9.79. The van der Waals surface area contributed by atoms with Crippen LogP contribution in [-0.4, -0.2) is 22.1 Å². The molecule has 0 aliphatic carbocycles. The van der Waals surface area contributed by atoms with Crippen LogP contribution in [-0.2, 0) is 0 Å². The summed E-state index contributed by atoms with van der Waals surface area (Å²) >= 11 is 3.53. The van der Waals surface area contributed by atoms with Gasteiger partial charge in [0.05, 0.1) is 12.6 Å². The molecule has 1 aromatic carbocycles. The van der Waals surface area contributed by atoms with Crippen molar-refractivity contribution in [3.8, 4) is 17.3 Å². The molecule has 1 N–H and O–H groups in total. The number of imidazole rings is 1. The predicted molar refractivity (Wildman–Crippen MR) is 78.3 cm³/mol. The van der Waals surface area contributed by atoms with Crippen LogP contribution in [0.2, 0.25) is 0 Å². The molecule has 0 saturated heterocycles. The van der Waals surface area contributed by atoms with Crippen molar-refractivity contribution < 1.29 is 4.74 Å². The van der Waals surface area contributed by atoms with Gasteiger partial charge < -0.3 is 9.72 Å². The molecule has 3 rings (SSSR count). The van der Waals surface area contributed by atoms with Crippen molar-refractivity contribution in [1.82, 2.24) is 15.0 Å². The first-order valence-corrected chi connectivity index (χ1v) is 6.64. The Hall–Kier alpha value is -1.88. The highest BCUT2D eigenvalue weighted by Crippen LogP contribution is 2.28. The molecule has 5 heteroatoms. The monoisotopic (exact) mass is 317 g/mol. The lowest BCUT2D eigenvalue weighted by Gasteiger charge is -2.03. The highest BCUT2D eigenvalue weighted by atomic mass is 79.9. The summed E-state index contributed by atoms with van der Waals surface area (Å²) < 4.78 is 6.17. The second-order valence-electron chi connectivity index (χ2n) is 4.22. The number of aromatic amines is 1. The van der Waals surface area contributed by atoms with Crippen molar-refractivity contribution in [2.75, 3.05) is 7.11 Å². The maximum Gasteiger partial charge on any atom is 0.215 e. The van der Waals surface area contributed by atoms with Crippen molar-refractivity contribution in [2.45, 2.75) is 6.92 Å². The van der Waals surface area contributed by atoms with Crippen LogP contribution in [0.4, 0.5) is 0 Å². The van der Waals surface area contributed by atoms with Crippen molar-refractivity contribution in [3.05, 3.63) is 40.4 Å². The molecule has 0 saturated carbocycles. The fraction of sp³-hybridized carbons (Fsp3) is 0.143. The van der Waals surface area contributed by atoms with Crippen LogP contribution in [0.3, 0.4) is 0 Å². The number of nitrogens with zero attached hydrogens (tertiary/aromatic N) is 2. The van der Waals surface area contributed by atoms with Gasteiger partial charge in [0.15, 0.2) is 5.65 Å². The van der Waals surface area contributed by atoms with E-state index >= 15 is 0 Å². The van der Waals surface area contributed by atoms with Crippen LogP contribution in [0, 0.1) is 6.92 Å². The summed E-state index contributed by atoms with van der Waals surface area (Å²) in [6.45, 7) is 2.06. The highest BCUT2D eigenvalue weighted by molar-refractivity contribution is 9.10. The Bertz CT molecular complexity index is 752. The maximum absolute atomic E-state index is 5.11. The van der Waals surface area contributed by atoms with Gasteiger partial charge in [0.25, 0.3) is 0 Å². The van der Waals surface area contributed by atoms with Gasteiger partial charge >= 0.3 is 0 Å². The van der Waals surface area contributed by atoms with Gasteiger partial charge in [0, 0.05) is 16.1 Å². The van der Waals surface area contributed by atoms with E-state index in [1.54, 1.807) is 7.11 Å². The number of methoxy groups -OCH3 is 1. The standard InChI is InChI=1S/C14H12BrN3O/c1-8-9(4-3-5-10(8)15)13-16-11-6-7-12(19-2)17-14(11)18-13/h3-7H,1-2H3,(H,16,17,18). The van der Waals surface area contributed by atoms with E-state index < -0.39 is 0 Å². The van der Waals surface area contributed by atoms with Gasteiger partial charge in [0.2, 0.25) is 5.88 Å². The van der Waals surface area contributed by atoms with Crippen LogP contribution in [0.1, 0.15) is 5.56 Å². The third kappa shape index (κ3) is 2.10. The van der Waals surface area contributed by atoms with Crippen molar-refractivity contribution in [3.63, 3.8) is 0 Å². The largest absolute Gasteiger partial charge is 0.481 e. The van der Waals surface area contributed by atoms with Crippen LogP contribution >= 0.6 is 15.9 Å². The molecule has 4 nitrogen and oxygen atoms in total. The number of fused-ring (bicyclic) bond motifs is 1. The van der Waals surface area contributed by atoms with Crippen LogP contribution in [0.5, 0.6) is 5.88 Å². The zero-order chi connectivity index (χ0) is 13.4. The van der Waals surface area contributed by atoms with Gasteiger partial charge in [-0.2, -0.15) is 4.98 Å². The molecule has 2 aromatic heterocycles. The first-order chi connectivity index (χ1) is 9.19. The van der Waals surface area contributed by atoms with E-state index in [4.69, 9.17) is 4.74 Å². The number of ether oxygens (including phenoxy) is 1. The fourth-order valence-corrected chi connectivity index (χ4v) is 2.35. The Morgan fingerprint density at radius 1 is 1.16 bits per heavy atom. The SMILES string of the molecule is COc1ccc2[nH]c(-c3cccc(Br)c3C)nc2n1. The number of pyridine rings is 1. The van der Waals surface area contributed by atoms with Gasteiger partial charge in [-0.3, -0.25) is 0 Å². The number of H-pyrrole nitrogens is 1. The van der Waals surface area contributed by atoms with Crippen LogP contribution in [0.25, 0.3) is 22.6 Å². The zero-order valence-corrected chi connectivity index (χ0v) is 12.2. The Kier molecular flexibility index (Phi) is 2.98. The summed E-state index contributed by atoms with van der Waals surface area (Å²) in [5, 5.41) is 0. The number of aromatic nitrogens is 3. The molecule has 0 aliphatic heterocycles. The number of benzene rings is 1. The normalized spacial score (nSPS) is 10.9. The molecule has 0 fully saturated rings. The summed E-state index contributed by atoms with van der Waals surface area (Å²) in [4.78, 5) is 12.1. The molecule has 0 bridgehead atoms. The van der Waals surface area contributed by atoms with Gasteiger partial charge in [-0.15, -0.1) is 0 Å². The van der Waals surface area contributed by atoms with Gasteiger partial charge in [-0.25, -0.2) is 4.98 Å². The predicted octanol–water partition coefficient (Wildman–Crippen LogP) is 3.70. The van der Waals surface area contributed by atoms with Gasteiger partial charge in [0.1, 0.15) is 5.82 Å². The topological polar surface area (TPSA) is 50.8 Å². The first kappa shape index (κ1) is 12.2. The molecular weight excluding hydrogens is 306 g/mol. The summed E-state index contributed by atoms with van der Waals surface area (Å²) in [5.74, 6) is 1.38. The molecule has 0 aliphatic rings. The minimum atomic E-state index is 0.566. The van der Waals surface area contributed by atoms with Crippen molar-refractivity contribution >= 4 is 27.1 Å². The summed E-state index contributed by atoms with van der Waals surface area (Å²) in [5.41, 5.74) is 3.77. The lowest BCUT2D eigenvalue weighted by Crippen LogP contribution is -1.87. The number of nitrogens with one attached hydrogen (secondary N) is 1. The molecule has 19 heavy (non-hydrogen) atoms. The Morgan fingerprint density at radius 3 is 2.79 bits per heavy atom. The molecule has 0 amide bonds. The quantitative estimate of drug-likeness (QED) is 0.784. The minimum absolute atomic E-state index is 0.566. The summed E-state index contributed by atoms with van der Waals surface area (Å²) in [6.07, 6.45) is 0. The number of hydrogen-bond acceptors (Lipinski definition) is 3. The Balaban J connectivity index is 2.18. The molecule has 0 unspecified atom stereocenters. The lowest BCUT2D eigenvalue weighted by atomic mass is 10.1. The van der Waals surface area contributed by atoms with Crippen molar-refractivity contribution in [1.29, 1.82) is 0 Å². The van der Waals surface area contributed by atoms with E-state index in [0.29, 0.717) is 11.5 Å². The first-order valence-electron chi connectivity index (χ1n) is 5.85. The molecule has 3 aromatic rings. The molecule has 2 heterocycles. The van der Waals surface area contributed by atoms with E-state index in [1.807, 2.05) is 30.3 Å². The third-order valence-corrected chi connectivity index (χ3v) is 3.91. The number of rotatable bonds is 2. The average molecular weight is 318 g/mol. The van der Waals surface area contributed by atoms with Gasteiger partial charge in [-0.1, -0.05) is 28.1 Å². The molecule has 0 atom stereocenters. The maximum atomic E-state index is 5.11. The molecule has 96 valence electrons. The van der Waals surface area contributed by atoms with Crippen LogP contribution in [0.15, 0.2) is 34.8 Å². The zero-order valence-electron chi connectivity index (χ0n) is 10.6. The fourth-order valence-electron chi connectivity index (χ4n) is 1.98. The van der Waals surface area contributed by atoms with Crippen molar-refractivity contribution in [2.24, 2.45) is 0 Å². The number of hydrogen-bond donors (Lipinski definition) is 1. The van der Waals surface area contributed by atoms with E-state index in [9.17, 15) is 0 Å². The minimum Gasteiger partial charge on any atom is -0.481 e. The summed E-state index contributed by atoms with van der Waals surface area (Å²) in [7, 11) is 1.60. The molecular formula is C14H12BrN3O. The lowest BCUT2D eigenvalue weighted by molar-refractivity contribution is 0.399. The smallest absolute Gasteiger partial charge is 0.215 e. The molecule has 0 spiro atoms. The second-order valence-corrected chi connectivity index (χ2v) is 5.08. The number of halogens is 1. The highest BCUT2D eigenvalue weighted by Gasteiger charge is 2.10. The molecule has 0 radical (unpaired) electrons. The second kappa shape index (κ2) is 4.66. The van der Waals surface area contributed by atoms with E-state index in [0.717, 1.165) is 26.9 Å². The Morgan fingerprint density at radius 2 is 2.00 bits per heavy atom. The van der Waals surface area contributed by atoms with E-state index in [2.05, 4.69) is 37.8 Å². The van der Waals surface area contributed by atoms with E-state index in [1.165, 1.54) is 0 Å². The van der Waals surface area contributed by atoms with Crippen LogP contribution < -0.4 is 4.74 Å². The van der Waals surface area contributed by atoms with E-state index in [-0.39, 0.29) is 0 Å². The van der Waals surface area contributed by atoms with Gasteiger partial charge in [-0.05, 0) is 24.6 Å². The third-order valence-electron chi connectivity index (χ3n) is 3.05.